The van der Waals surface area contributed by atoms with E-state index in [2.05, 4.69) is 46.9 Å². The largest absolute Gasteiger partial charge is 0.351 e. The maximum atomic E-state index is 4.62. The quantitative estimate of drug-likeness (QED) is 0.890. The highest BCUT2D eigenvalue weighted by Gasteiger charge is 2.29. The minimum atomic E-state index is 0.548. The van der Waals surface area contributed by atoms with Crippen LogP contribution in [0, 0.1) is 6.92 Å². The van der Waals surface area contributed by atoms with E-state index >= 15 is 0 Å². The van der Waals surface area contributed by atoms with Gasteiger partial charge in [-0.25, -0.2) is 4.98 Å². The van der Waals surface area contributed by atoms with Crippen LogP contribution in [0.5, 0.6) is 0 Å². The van der Waals surface area contributed by atoms with Gasteiger partial charge in [-0.3, -0.25) is 4.90 Å². The first-order valence-corrected chi connectivity index (χ1v) is 7.70. The van der Waals surface area contributed by atoms with Crippen molar-refractivity contribution in [2.24, 2.45) is 0 Å². The van der Waals surface area contributed by atoms with E-state index in [1.54, 1.807) is 0 Å². The molecule has 0 unspecified atom stereocenters. The summed E-state index contributed by atoms with van der Waals surface area (Å²) in [6.07, 6.45) is 3.07. The van der Waals surface area contributed by atoms with Gasteiger partial charge in [0, 0.05) is 37.9 Å². The third kappa shape index (κ3) is 3.49. The first-order valence-electron chi connectivity index (χ1n) is 7.70. The number of pyridine rings is 1. The van der Waals surface area contributed by atoms with Gasteiger partial charge in [0.15, 0.2) is 0 Å². The fourth-order valence-electron chi connectivity index (χ4n) is 2.96. The minimum Gasteiger partial charge on any atom is -0.351 e. The molecule has 112 valence electrons. The lowest BCUT2D eigenvalue weighted by atomic mass is 10.1. The summed E-state index contributed by atoms with van der Waals surface area (Å²) in [5.41, 5.74) is 1.28. The molecule has 1 aliphatic heterocycles. The molecule has 1 atom stereocenters. The average molecular weight is 276 g/mol. The van der Waals surface area contributed by atoms with Gasteiger partial charge in [-0.2, -0.15) is 0 Å². The lowest BCUT2D eigenvalue weighted by Crippen LogP contribution is -2.56. The number of hydrogen-bond donors (Lipinski definition) is 1. The van der Waals surface area contributed by atoms with Gasteiger partial charge in [0.2, 0.25) is 0 Å². The SMILES string of the molecule is CNCC[C@@H]1CN(C(C)C)CCN1c1ncccc1C. The molecule has 20 heavy (non-hydrogen) atoms. The first kappa shape index (κ1) is 15.3. The molecule has 0 spiro atoms. The lowest BCUT2D eigenvalue weighted by molar-refractivity contribution is 0.176. The minimum absolute atomic E-state index is 0.548. The number of piperazine rings is 1. The van der Waals surface area contributed by atoms with E-state index in [4.69, 9.17) is 0 Å². The van der Waals surface area contributed by atoms with Crippen LogP contribution in [-0.4, -0.2) is 55.2 Å². The van der Waals surface area contributed by atoms with Crippen molar-refractivity contribution in [3.05, 3.63) is 23.9 Å². The predicted molar refractivity (Wildman–Crippen MR) is 85.4 cm³/mol. The molecule has 2 heterocycles. The molecule has 1 aliphatic rings. The molecular formula is C16H28N4. The number of nitrogens with one attached hydrogen (secondary N) is 1. The Balaban J connectivity index is 2.15. The Morgan fingerprint density at radius 2 is 2.20 bits per heavy atom. The third-order valence-corrected chi connectivity index (χ3v) is 4.23. The van der Waals surface area contributed by atoms with Crippen LogP contribution in [0.2, 0.25) is 0 Å². The van der Waals surface area contributed by atoms with Crippen molar-refractivity contribution in [1.29, 1.82) is 0 Å². The number of hydrogen-bond acceptors (Lipinski definition) is 4. The normalized spacial score (nSPS) is 20.6. The summed E-state index contributed by atoms with van der Waals surface area (Å²) >= 11 is 0. The van der Waals surface area contributed by atoms with E-state index in [9.17, 15) is 0 Å². The Bertz CT molecular complexity index is 419. The van der Waals surface area contributed by atoms with Crippen LogP contribution in [0.15, 0.2) is 18.3 Å². The summed E-state index contributed by atoms with van der Waals surface area (Å²) in [6.45, 7) is 11.1. The Labute approximate surface area is 123 Å². The van der Waals surface area contributed by atoms with Crippen molar-refractivity contribution < 1.29 is 0 Å². The third-order valence-electron chi connectivity index (χ3n) is 4.23. The number of anilines is 1. The number of rotatable bonds is 5. The Kier molecular flexibility index (Phi) is 5.38. The zero-order valence-corrected chi connectivity index (χ0v) is 13.3. The molecule has 4 heteroatoms. The van der Waals surface area contributed by atoms with Crippen molar-refractivity contribution >= 4 is 5.82 Å². The molecule has 1 fully saturated rings. The second kappa shape index (κ2) is 7.04. The fourth-order valence-corrected chi connectivity index (χ4v) is 2.96. The van der Waals surface area contributed by atoms with Crippen molar-refractivity contribution in [3.8, 4) is 0 Å². The number of aromatic nitrogens is 1. The van der Waals surface area contributed by atoms with Gasteiger partial charge in [-0.15, -0.1) is 0 Å². The predicted octanol–water partition coefficient (Wildman–Crippen LogP) is 1.90. The fraction of sp³-hybridized carbons (Fsp3) is 0.688. The molecule has 4 nitrogen and oxygen atoms in total. The maximum absolute atomic E-state index is 4.62. The van der Waals surface area contributed by atoms with Crippen molar-refractivity contribution in [2.45, 2.75) is 39.3 Å². The van der Waals surface area contributed by atoms with Crippen LogP contribution in [0.4, 0.5) is 5.82 Å². The summed E-state index contributed by atoms with van der Waals surface area (Å²) in [5.74, 6) is 1.16. The molecular weight excluding hydrogens is 248 g/mol. The van der Waals surface area contributed by atoms with Crippen molar-refractivity contribution in [1.82, 2.24) is 15.2 Å². The van der Waals surface area contributed by atoms with E-state index in [1.807, 2.05) is 19.3 Å². The molecule has 0 bridgehead atoms. The topological polar surface area (TPSA) is 31.4 Å². The Morgan fingerprint density at radius 1 is 1.40 bits per heavy atom. The van der Waals surface area contributed by atoms with Gasteiger partial charge in [0.25, 0.3) is 0 Å². The van der Waals surface area contributed by atoms with Crippen LogP contribution in [-0.2, 0) is 0 Å². The van der Waals surface area contributed by atoms with Crippen LogP contribution in [0.3, 0.4) is 0 Å². The first-order chi connectivity index (χ1) is 9.63. The monoisotopic (exact) mass is 276 g/mol. The molecule has 1 aromatic rings. The summed E-state index contributed by atoms with van der Waals surface area (Å²) in [6, 6.07) is 5.35. The highest BCUT2D eigenvalue weighted by molar-refractivity contribution is 5.47. The van der Waals surface area contributed by atoms with E-state index < -0.39 is 0 Å². The Morgan fingerprint density at radius 3 is 2.85 bits per heavy atom. The smallest absolute Gasteiger partial charge is 0.131 e. The maximum Gasteiger partial charge on any atom is 0.131 e. The van der Waals surface area contributed by atoms with Crippen molar-refractivity contribution in [2.75, 3.05) is 38.1 Å². The zero-order chi connectivity index (χ0) is 14.5. The Hall–Kier alpha value is -1.13. The van der Waals surface area contributed by atoms with Crippen LogP contribution >= 0.6 is 0 Å². The van der Waals surface area contributed by atoms with Crippen LogP contribution < -0.4 is 10.2 Å². The lowest BCUT2D eigenvalue weighted by Gasteiger charge is -2.44. The number of nitrogens with zero attached hydrogens (tertiary/aromatic N) is 3. The molecule has 0 amide bonds. The van der Waals surface area contributed by atoms with E-state index in [0.29, 0.717) is 12.1 Å². The van der Waals surface area contributed by atoms with E-state index in [1.165, 1.54) is 5.56 Å². The molecule has 0 saturated carbocycles. The van der Waals surface area contributed by atoms with Gasteiger partial charge in [-0.1, -0.05) is 6.07 Å². The summed E-state index contributed by atoms with van der Waals surface area (Å²) in [4.78, 5) is 9.70. The summed E-state index contributed by atoms with van der Waals surface area (Å²) < 4.78 is 0. The second-order valence-electron chi connectivity index (χ2n) is 5.97. The molecule has 0 aromatic carbocycles. The molecule has 0 aliphatic carbocycles. The van der Waals surface area contributed by atoms with Crippen molar-refractivity contribution in [3.63, 3.8) is 0 Å². The second-order valence-corrected chi connectivity index (χ2v) is 5.97. The highest BCUT2D eigenvalue weighted by atomic mass is 15.3. The highest BCUT2D eigenvalue weighted by Crippen LogP contribution is 2.24. The standard InChI is InChI=1S/C16H28N4/c1-13(2)19-10-11-20(15(12-19)7-9-17-4)16-14(3)6-5-8-18-16/h5-6,8,13,15,17H,7,9-12H2,1-4H3/t15-/m1/s1. The molecule has 1 aromatic heterocycles. The molecule has 1 saturated heterocycles. The summed E-state index contributed by atoms with van der Waals surface area (Å²) in [5, 5.41) is 3.28. The van der Waals surface area contributed by atoms with Gasteiger partial charge >= 0.3 is 0 Å². The molecule has 0 radical (unpaired) electrons. The number of aryl methyl sites for hydroxylation is 1. The average Bonchev–Trinajstić information content (AvgIpc) is 2.45. The van der Waals surface area contributed by atoms with Gasteiger partial charge in [0.1, 0.15) is 5.82 Å². The van der Waals surface area contributed by atoms with E-state index in [-0.39, 0.29) is 0 Å². The van der Waals surface area contributed by atoms with Gasteiger partial charge in [-0.05, 0) is 52.4 Å². The van der Waals surface area contributed by atoms with Crippen LogP contribution in [0.1, 0.15) is 25.8 Å². The molecule has 1 N–H and O–H groups in total. The summed E-state index contributed by atoms with van der Waals surface area (Å²) in [7, 11) is 2.03. The van der Waals surface area contributed by atoms with E-state index in [0.717, 1.165) is 38.4 Å². The zero-order valence-electron chi connectivity index (χ0n) is 13.3. The van der Waals surface area contributed by atoms with Gasteiger partial charge < -0.3 is 10.2 Å². The van der Waals surface area contributed by atoms with Crippen LogP contribution in [0.25, 0.3) is 0 Å². The van der Waals surface area contributed by atoms with Gasteiger partial charge in [0.05, 0.1) is 0 Å². The molecule has 2 rings (SSSR count).